The van der Waals surface area contributed by atoms with Crippen LogP contribution in [-0.4, -0.2) is 36.6 Å². The lowest BCUT2D eigenvalue weighted by molar-refractivity contribution is 0.710. The van der Waals surface area contributed by atoms with Crippen LogP contribution >= 0.6 is 0 Å². The van der Waals surface area contributed by atoms with E-state index in [2.05, 4.69) is 15.3 Å². The van der Waals surface area contributed by atoms with Gasteiger partial charge in [0.2, 0.25) is 0 Å². The molecule has 1 unspecified atom stereocenters. The quantitative estimate of drug-likeness (QED) is 0.760. The monoisotopic (exact) mass is 209 g/mol. The molecule has 0 aliphatic carbocycles. The molecule has 3 N–H and O–H groups in total. The number of hydrogen-bond donors (Lipinski definition) is 2. The Morgan fingerprint density at radius 3 is 2.73 bits per heavy atom. The zero-order valence-corrected chi connectivity index (χ0v) is 9.78. The summed E-state index contributed by atoms with van der Waals surface area (Å²) in [5.41, 5.74) is 5.74. The highest BCUT2D eigenvalue weighted by Crippen LogP contribution is 2.13. The van der Waals surface area contributed by atoms with Gasteiger partial charge in [-0.1, -0.05) is 0 Å². The van der Waals surface area contributed by atoms with Crippen LogP contribution in [-0.2, 0) is 0 Å². The SMILES string of the molecule is CNc1cc(N(C)CC(C)N)nc(C)n1. The van der Waals surface area contributed by atoms with Gasteiger partial charge in [0.25, 0.3) is 0 Å². The smallest absolute Gasteiger partial charge is 0.134 e. The van der Waals surface area contributed by atoms with Crippen LogP contribution in [0.2, 0.25) is 0 Å². The summed E-state index contributed by atoms with van der Waals surface area (Å²) in [6.07, 6.45) is 0. The molecule has 1 atom stereocenters. The predicted molar refractivity (Wildman–Crippen MR) is 63.2 cm³/mol. The molecule has 1 aromatic heterocycles. The van der Waals surface area contributed by atoms with Crippen LogP contribution in [0.1, 0.15) is 12.7 Å². The molecule has 5 nitrogen and oxygen atoms in total. The largest absolute Gasteiger partial charge is 0.373 e. The Morgan fingerprint density at radius 2 is 2.20 bits per heavy atom. The summed E-state index contributed by atoms with van der Waals surface area (Å²) in [5, 5.41) is 3.01. The molecular formula is C10H19N5. The van der Waals surface area contributed by atoms with Gasteiger partial charge >= 0.3 is 0 Å². The third kappa shape index (κ3) is 3.36. The Labute approximate surface area is 90.7 Å². The second-order valence-corrected chi connectivity index (χ2v) is 3.77. The van der Waals surface area contributed by atoms with E-state index >= 15 is 0 Å². The van der Waals surface area contributed by atoms with Gasteiger partial charge in [0, 0.05) is 32.7 Å². The minimum Gasteiger partial charge on any atom is -0.373 e. The number of likely N-dealkylation sites (N-methyl/N-ethyl adjacent to an activating group) is 1. The molecule has 0 aliphatic rings. The summed E-state index contributed by atoms with van der Waals surface area (Å²) in [7, 11) is 3.82. The molecule has 5 heteroatoms. The number of rotatable bonds is 4. The van der Waals surface area contributed by atoms with Crippen molar-refractivity contribution in [3.63, 3.8) is 0 Å². The maximum atomic E-state index is 5.74. The van der Waals surface area contributed by atoms with Crippen LogP contribution in [0.4, 0.5) is 11.6 Å². The molecule has 0 amide bonds. The van der Waals surface area contributed by atoms with E-state index in [0.29, 0.717) is 0 Å². The van der Waals surface area contributed by atoms with Crippen LogP contribution < -0.4 is 16.0 Å². The summed E-state index contributed by atoms with van der Waals surface area (Å²) >= 11 is 0. The molecule has 0 aliphatic heterocycles. The molecular weight excluding hydrogens is 190 g/mol. The molecule has 15 heavy (non-hydrogen) atoms. The van der Waals surface area contributed by atoms with Crippen LogP contribution in [0.25, 0.3) is 0 Å². The van der Waals surface area contributed by atoms with E-state index in [-0.39, 0.29) is 6.04 Å². The second kappa shape index (κ2) is 4.93. The third-order valence-corrected chi connectivity index (χ3v) is 2.03. The number of aryl methyl sites for hydroxylation is 1. The molecule has 0 saturated heterocycles. The van der Waals surface area contributed by atoms with Crippen LogP contribution in [0.3, 0.4) is 0 Å². The summed E-state index contributed by atoms with van der Waals surface area (Å²) < 4.78 is 0. The Kier molecular flexibility index (Phi) is 3.85. The number of hydrogen-bond acceptors (Lipinski definition) is 5. The van der Waals surface area contributed by atoms with E-state index in [1.54, 1.807) is 0 Å². The summed E-state index contributed by atoms with van der Waals surface area (Å²) in [6.45, 7) is 4.63. The third-order valence-electron chi connectivity index (χ3n) is 2.03. The maximum absolute atomic E-state index is 5.74. The fourth-order valence-corrected chi connectivity index (χ4v) is 1.40. The van der Waals surface area contributed by atoms with Gasteiger partial charge < -0.3 is 16.0 Å². The van der Waals surface area contributed by atoms with Crippen molar-refractivity contribution in [3.05, 3.63) is 11.9 Å². The Balaban J connectivity index is 2.88. The van der Waals surface area contributed by atoms with Gasteiger partial charge in [-0.05, 0) is 13.8 Å². The number of nitrogens with zero attached hydrogens (tertiary/aromatic N) is 3. The lowest BCUT2D eigenvalue weighted by Gasteiger charge is -2.20. The number of nitrogens with two attached hydrogens (primary N) is 1. The second-order valence-electron chi connectivity index (χ2n) is 3.77. The van der Waals surface area contributed by atoms with Gasteiger partial charge in [-0.2, -0.15) is 0 Å². The molecule has 1 heterocycles. The summed E-state index contributed by atoms with van der Waals surface area (Å²) in [4.78, 5) is 10.6. The molecule has 0 aromatic carbocycles. The van der Waals surface area contributed by atoms with Gasteiger partial charge in [0.05, 0.1) is 0 Å². The highest BCUT2D eigenvalue weighted by atomic mass is 15.2. The van der Waals surface area contributed by atoms with Crippen molar-refractivity contribution in [2.24, 2.45) is 5.73 Å². The minimum absolute atomic E-state index is 0.128. The first kappa shape index (κ1) is 11.7. The standard InChI is InChI=1S/C10H19N5/c1-7(11)6-15(4)10-5-9(12-3)13-8(2)14-10/h5,7H,6,11H2,1-4H3,(H,12,13,14). The topological polar surface area (TPSA) is 67.1 Å². The Bertz CT molecular complexity index is 324. The van der Waals surface area contributed by atoms with Crippen molar-refractivity contribution >= 4 is 11.6 Å². The molecule has 0 bridgehead atoms. The fourth-order valence-electron chi connectivity index (χ4n) is 1.40. The average molecular weight is 209 g/mol. The first-order chi connectivity index (χ1) is 7.02. The van der Waals surface area contributed by atoms with Crippen molar-refractivity contribution in [2.45, 2.75) is 19.9 Å². The number of anilines is 2. The predicted octanol–water partition coefficient (Wildman–Crippen LogP) is 0.610. The van der Waals surface area contributed by atoms with Crippen molar-refractivity contribution in [2.75, 3.05) is 30.9 Å². The van der Waals surface area contributed by atoms with Crippen LogP contribution in [0.15, 0.2) is 6.07 Å². The zero-order valence-electron chi connectivity index (χ0n) is 9.78. The molecule has 0 spiro atoms. The lowest BCUT2D eigenvalue weighted by atomic mass is 10.3. The van der Waals surface area contributed by atoms with E-state index in [1.807, 2.05) is 38.9 Å². The zero-order chi connectivity index (χ0) is 11.4. The van der Waals surface area contributed by atoms with Crippen LogP contribution in [0, 0.1) is 6.92 Å². The van der Waals surface area contributed by atoms with E-state index in [9.17, 15) is 0 Å². The first-order valence-corrected chi connectivity index (χ1v) is 5.03. The van der Waals surface area contributed by atoms with Crippen molar-refractivity contribution < 1.29 is 0 Å². The highest BCUT2D eigenvalue weighted by molar-refractivity contribution is 5.48. The van der Waals surface area contributed by atoms with Gasteiger partial charge in [0.15, 0.2) is 0 Å². The molecule has 84 valence electrons. The summed E-state index contributed by atoms with van der Waals surface area (Å²) in [6, 6.07) is 2.04. The van der Waals surface area contributed by atoms with E-state index in [4.69, 9.17) is 5.73 Å². The number of nitrogens with one attached hydrogen (secondary N) is 1. The van der Waals surface area contributed by atoms with Gasteiger partial charge in [-0.25, -0.2) is 9.97 Å². The minimum atomic E-state index is 0.128. The molecule has 1 rings (SSSR count). The molecule has 0 radical (unpaired) electrons. The lowest BCUT2D eigenvalue weighted by Crippen LogP contribution is -2.33. The maximum Gasteiger partial charge on any atom is 0.134 e. The molecule has 0 saturated carbocycles. The van der Waals surface area contributed by atoms with Gasteiger partial charge in [-0.15, -0.1) is 0 Å². The van der Waals surface area contributed by atoms with Gasteiger partial charge in [-0.3, -0.25) is 0 Å². The van der Waals surface area contributed by atoms with Crippen molar-refractivity contribution in [3.8, 4) is 0 Å². The normalized spacial score (nSPS) is 12.3. The van der Waals surface area contributed by atoms with Crippen LogP contribution in [0.5, 0.6) is 0 Å². The van der Waals surface area contributed by atoms with Crippen molar-refractivity contribution in [1.82, 2.24) is 9.97 Å². The number of aromatic nitrogens is 2. The fraction of sp³-hybridized carbons (Fsp3) is 0.600. The van der Waals surface area contributed by atoms with E-state index in [0.717, 1.165) is 24.0 Å². The summed E-state index contributed by atoms with van der Waals surface area (Å²) in [5.74, 6) is 2.48. The Hall–Kier alpha value is -1.36. The average Bonchev–Trinajstić information content (AvgIpc) is 2.15. The van der Waals surface area contributed by atoms with E-state index in [1.165, 1.54) is 0 Å². The van der Waals surface area contributed by atoms with Crippen molar-refractivity contribution in [1.29, 1.82) is 0 Å². The highest BCUT2D eigenvalue weighted by Gasteiger charge is 2.07. The Morgan fingerprint density at radius 1 is 1.53 bits per heavy atom. The van der Waals surface area contributed by atoms with Gasteiger partial charge in [0.1, 0.15) is 17.5 Å². The van der Waals surface area contributed by atoms with E-state index < -0.39 is 0 Å². The molecule has 1 aromatic rings. The first-order valence-electron chi connectivity index (χ1n) is 5.03. The molecule has 0 fully saturated rings.